The van der Waals surface area contributed by atoms with Gasteiger partial charge in [-0.1, -0.05) is 19.3 Å². The predicted octanol–water partition coefficient (Wildman–Crippen LogP) is 3.73. The monoisotopic (exact) mass is 273 g/mol. The summed E-state index contributed by atoms with van der Waals surface area (Å²) in [5.74, 6) is 1.19. The Balaban J connectivity index is 1.99. The van der Waals surface area contributed by atoms with Gasteiger partial charge in [-0.2, -0.15) is 13.2 Å². The summed E-state index contributed by atoms with van der Waals surface area (Å²) in [7, 11) is 0. The fraction of sp³-hybridized carbons (Fsp3) is 0.571. The van der Waals surface area contributed by atoms with E-state index in [9.17, 15) is 13.2 Å². The van der Waals surface area contributed by atoms with Crippen molar-refractivity contribution in [3.63, 3.8) is 0 Å². The molecule has 2 N–H and O–H groups in total. The van der Waals surface area contributed by atoms with Gasteiger partial charge in [-0.05, 0) is 30.5 Å². The first-order valence-electron chi connectivity index (χ1n) is 6.53. The maximum absolute atomic E-state index is 12.6. The van der Waals surface area contributed by atoms with Gasteiger partial charge < -0.3 is 10.5 Å². The number of benzene rings is 1. The van der Waals surface area contributed by atoms with Crippen LogP contribution in [0.3, 0.4) is 0 Å². The second-order valence-corrected chi connectivity index (χ2v) is 4.96. The Hall–Kier alpha value is -1.23. The zero-order valence-corrected chi connectivity index (χ0v) is 10.7. The number of rotatable bonds is 5. The van der Waals surface area contributed by atoms with Gasteiger partial charge in [-0.3, -0.25) is 0 Å². The molecule has 0 aliphatic heterocycles. The number of halogens is 3. The van der Waals surface area contributed by atoms with E-state index in [2.05, 4.69) is 0 Å². The molecule has 5 heteroatoms. The van der Waals surface area contributed by atoms with Crippen molar-refractivity contribution >= 4 is 0 Å². The van der Waals surface area contributed by atoms with E-state index in [1.54, 1.807) is 0 Å². The molecule has 2 nitrogen and oxygen atoms in total. The van der Waals surface area contributed by atoms with Crippen molar-refractivity contribution in [3.8, 4) is 5.75 Å². The van der Waals surface area contributed by atoms with Gasteiger partial charge in [0.2, 0.25) is 0 Å². The summed E-state index contributed by atoms with van der Waals surface area (Å²) < 4.78 is 43.3. The van der Waals surface area contributed by atoms with Crippen LogP contribution in [-0.4, -0.2) is 6.61 Å². The topological polar surface area (TPSA) is 35.2 Å². The maximum Gasteiger partial charge on any atom is 0.416 e. The van der Waals surface area contributed by atoms with Crippen LogP contribution >= 0.6 is 0 Å². The van der Waals surface area contributed by atoms with Crippen LogP contribution in [0.1, 0.15) is 36.8 Å². The minimum Gasteiger partial charge on any atom is -0.493 e. The molecule has 0 bridgehead atoms. The molecule has 1 saturated carbocycles. The van der Waals surface area contributed by atoms with Gasteiger partial charge in [0.15, 0.2) is 0 Å². The van der Waals surface area contributed by atoms with Crippen molar-refractivity contribution < 1.29 is 17.9 Å². The molecular formula is C14H18F3NO. The average molecular weight is 273 g/mol. The summed E-state index contributed by atoms with van der Waals surface area (Å²) in [6.45, 7) is 0.589. The molecule has 0 aromatic heterocycles. The van der Waals surface area contributed by atoms with Gasteiger partial charge in [0.25, 0.3) is 0 Å². The molecule has 1 fully saturated rings. The van der Waals surface area contributed by atoms with E-state index in [-0.39, 0.29) is 6.54 Å². The maximum atomic E-state index is 12.6. The lowest BCUT2D eigenvalue weighted by Crippen LogP contribution is -2.15. The molecule has 0 spiro atoms. The third kappa shape index (κ3) is 3.62. The zero-order chi connectivity index (χ0) is 13.9. The Morgan fingerprint density at radius 3 is 2.53 bits per heavy atom. The van der Waals surface area contributed by atoms with Gasteiger partial charge in [0, 0.05) is 12.1 Å². The number of ether oxygens (including phenoxy) is 1. The molecule has 0 saturated heterocycles. The second-order valence-electron chi connectivity index (χ2n) is 4.96. The van der Waals surface area contributed by atoms with E-state index in [4.69, 9.17) is 10.5 Å². The molecule has 1 aromatic rings. The highest BCUT2D eigenvalue weighted by atomic mass is 19.4. The number of alkyl halides is 3. The van der Waals surface area contributed by atoms with Crippen molar-refractivity contribution in [2.45, 2.75) is 38.4 Å². The van der Waals surface area contributed by atoms with E-state index >= 15 is 0 Å². The van der Waals surface area contributed by atoms with Gasteiger partial charge in [-0.15, -0.1) is 0 Å². The summed E-state index contributed by atoms with van der Waals surface area (Å²) in [6, 6.07) is 3.47. The SMILES string of the molecule is NCc1cc(C(F)(F)F)ccc1OCCC1CCC1. The lowest BCUT2D eigenvalue weighted by Gasteiger charge is -2.25. The second kappa shape index (κ2) is 5.82. The molecule has 106 valence electrons. The molecular weight excluding hydrogens is 255 g/mol. The van der Waals surface area contributed by atoms with Crippen molar-refractivity contribution in [1.82, 2.24) is 0 Å². The highest BCUT2D eigenvalue weighted by molar-refractivity contribution is 5.38. The molecule has 1 aromatic carbocycles. The summed E-state index contributed by atoms with van der Waals surface area (Å²) in [5, 5.41) is 0. The van der Waals surface area contributed by atoms with Crippen LogP contribution in [-0.2, 0) is 12.7 Å². The minimum absolute atomic E-state index is 0.0443. The highest BCUT2D eigenvalue weighted by Gasteiger charge is 2.31. The molecule has 19 heavy (non-hydrogen) atoms. The summed E-state index contributed by atoms with van der Waals surface area (Å²) in [5.41, 5.74) is 5.21. The Kier molecular flexibility index (Phi) is 4.34. The van der Waals surface area contributed by atoms with E-state index in [0.29, 0.717) is 17.9 Å². The van der Waals surface area contributed by atoms with E-state index in [1.807, 2.05) is 0 Å². The van der Waals surface area contributed by atoms with Crippen LogP contribution in [0.2, 0.25) is 0 Å². The fourth-order valence-electron chi connectivity index (χ4n) is 2.17. The standard InChI is InChI=1S/C14H18F3NO/c15-14(16,17)12-4-5-13(11(8-12)9-18)19-7-6-10-2-1-3-10/h4-5,8,10H,1-3,6-7,9,18H2. The third-order valence-corrected chi connectivity index (χ3v) is 3.62. The summed E-state index contributed by atoms with van der Waals surface area (Å²) in [6.07, 6.45) is 0.374. The smallest absolute Gasteiger partial charge is 0.416 e. The number of nitrogens with two attached hydrogens (primary N) is 1. The van der Waals surface area contributed by atoms with Crippen LogP contribution < -0.4 is 10.5 Å². The molecule has 0 unspecified atom stereocenters. The third-order valence-electron chi connectivity index (χ3n) is 3.62. The fourth-order valence-corrected chi connectivity index (χ4v) is 2.17. The Morgan fingerprint density at radius 1 is 1.26 bits per heavy atom. The normalized spacial score (nSPS) is 16.2. The van der Waals surface area contributed by atoms with Gasteiger partial charge >= 0.3 is 6.18 Å². The molecule has 0 atom stereocenters. The number of hydrogen-bond acceptors (Lipinski definition) is 2. The summed E-state index contributed by atoms with van der Waals surface area (Å²) in [4.78, 5) is 0. The van der Waals surface area contributed by atoms with Crippen molar-refractivity contribution in [1.29, 1.82) is 0 Å². The van der Waals surface area contributed by atoms with E-state index in [0.717, 1.165) is 24.5 Å². The molecule has 0 radical (unpaired) electrons. The first-order valence-corrected chi connectivity index (χ1v) is 6.53. The highest BCUT2D eigenvalue weighted by Crippen LogP contribution is 2.33. The van der Waals surface area contributed by atoms with Gasteiger partial charge in [-0.25, -0.2) is 0 Å². The molecule has 2 rings (SSSR count). The van der Waals surface area contributed by atoms with E-state index < -0.39 is 11.7 Å². The largest absolute Gasteiger partial charge is 0.493 e. The lowest BCUT2D eigenvalue weighted by atomic mass is 9.83. The summed E-state index contributed by atoms with van der Waals surface area (Å²) >= 11 is 0. The Morgan fingerprint density at radius 2 is 2.00 bits per heavy atom. The lowest BCUT2D eigenvalue weighted by molar-refractivity contribution is -0.137. The van der Waals surface area contributed by atoms with Crippen molar-refractivity contribution in [2.24, 2.45) is 11.7 Å². The van der Waals surface area contributed by atoms with Gasteiger partial charge in [0.1, 0.15) is 5.75 Å². The molecule has 0 heterocycles. The quantitative estimate of drug-likeness (QED) is 0.887. The van der Waals surface area contributed by atoms with Gasteiger partial charge in [0.05, 0.1) is 12.2 Å². The van der Waals surface area contributed by atoms with Crippen LogP contribution in [0.4, 0.5) is 13.2 Å². The van der Waals surface area contributed by atoms with Crippen LogP contribution in [0.25, 0.3) is 0 Å². The average Bonchev–Trinajstić information content (AvgIpc) is 2.31. The van der Waals surface area contributed by atoms with Crippen molar-refractivity contribution in [2.75, 3.05) is 6.61 Å². The van der Waals surface area contributed by atoms with Crippen LogP contribution in [0, 0.1) is 5.92 Å². The predicted molar refractivity (Wildman–Crippen MR) is 66.8 cm³/mol. The number of hydrogen-bond donors (Lipinski definition) is 1. The van der Waals surface area contributed by atoms with Crippen molar-refractivity contribution in [3.05, 3.63) is 29.3 Å². The Bertz CT molecular complexity index is 427. The van der Waals surface area contributed by atoms with Crippen LogP contribution in [0.5, 0.6) is 5.75 Å². The molecule has 1 aliphatic rings. The minimum atomic E-state index is -4.34. The van der Waals surface area contributed by atoms with Crippen LogP contribution in [0.15, 0.2) is 18.2 Å². The molecule has 0 amide bonds. The Labute approximate surface area is 110 Å². The first-order chi connectivity index (χ1) is 9.00. The van der Waals surface area contributed by atoms with E-state index in [1.165, 1.54) is 25.3 Å². The first kappa shape index (κ1) is 14.2. The zero-order valence-electron chi connectivity index (χ0n) is 10.7. The molecule has 1 aliphatic carbocycles.